The predicted molar refractivity (Wildman–Crippen MR) is 146 cm³/mol. The number of nitrogens with one attached hydrogen (secondary N) is 2. The number of nitriles is 1. The summed E-state index contributed by atoms with van der Waals surface area (Å²) in [4.78, 5) is 23.7. The van der Waals surface area contributed by atoms with Crippen LogP contribution in [0.2, 0.25) is 0 Å². The van der Waals surface area contributed by atoms with Crippen LogP contribution in [-0.4, -0.2) is 62.9 Å². The predicted octanol–water partition coefficient (Wildman–Crippen LogP) is 3.21. The van der Waals surface area contributed by atoms with Crippen molar-refractivity contribution < 1.29 is 41.0 Å². The molecule has 42 heavy (non-hydrogen) atoms. The number of rotatable bonds is 9. The molecule has 0 radical (unpaired) electrons. The molecular formula is C27H26F3N5O6S. The number of hydrazone groups is 1. The van der Waals surface area contributed by atoms with Gasteiger partial charge in [0.2, 0.25) is 15.9 Å². The minimum atomic E-state index is -5.08. The van der Waals surface area contributed by atoms with Gasteiger partial charge in [-0.1, -0.05) is 30.3 Å². The number of carboxylic acids is 1. The molecule has 4 rings (SSSR count). The number of methoxy groups -OCH3 is 1. The first-order valence-electron chi connectivity index (χ1n) is 12.3. The van der Waals surface area contributed by atoms with E-state index in [1.54, 1.807) is 42.5 Å². The molecule has 3 aromatic rings. The van der Waals surface area contributed by atoms with Crippen LogP contribution in [-0.2, 0) is 26.2 Å². The Morgan fingerprint density at radius 1 is 1.19 bits per heavy atom. The maximum Gasteiger partial charge on any atom is 0.490 e. The lowest BCUT2D eigenvalue weighted by Gasteiger charge is -2.17. The third kappa shape index (κ3) is 8.66. The number of benzene rings is 3. The minimum Gasteiger partial charge on any atom is -0.497 e. The SMILES string of the molecule is COc1ccc2cc(S(=O)(=O)NC[C@@H]3CCN(Cc4cccc(C=NNC#N)c4)C3=O)ccc2c1.O=C(O)C(F)(F)F. The minimum absolute atomic E-state index is 0.0465. The van der Waals surface area contributed by atoms with E-state index in [-0.39, 0.29) is 17.3 Å². The van der Waals surface area contributed by atoms with E-state index < -0.39 is 28.1 Å². The number of ether oxygens (including phenoxy) is 1. The first-order chi connectivity index (χ1) is 19.8. The molecule has 1 aliphatic rings. The normalized spacial score (nSPS) is 15.3. The van der Waals surface area contributed by atoms with Gasteiger partial charge in [0, 0.05) is 19.6 Å². The fourth-order valence-electron chi connectivity index (χ4n) is 4.07. The number of carboxylic acid groups (broad SMARTS) is 1. The van der Waals surface area contributed by atoms with E-state index in [4.69, 9.17) is 19.9 Å². The van der Waals surface area contributed by atoms with Crippen LogP contribution in [0.4, 0.5) is 13.2 Å². The van der Waals surface area contributed by atoms with Gasteiger partial charge in [0.1, 0.15) is 5.75 Å². The summed E-state index contributed by atoms with van der Waals surface area (Å²) >= 11 is 0. The Morgan fingerprint density at radius 2 is 1.88 bits per heavy atom. The second-order valence-electron chi connectivity index (χ2n) is 9.00. The van der Waals surface area contributed by atoms with Crippen LogP contribution in [0.15, 0.2) is 70.7 Å². The van der Waals surface area contributed by atoms with Gasteiger partial charge >= 0.3 is 12.1 Å². The number of hydrogen-bond donors (Lipinski definition) is 3. The molecular weight excluding hydrogens is 579 g/mol. The Hall–Kier alpha value is -4.68. The number of carbonyl (C=O) groups excluding carboxylic acids is 1. The highest BCUT2D eigenvalue weighted by atomic mass is 32.2. The highest BCUT2D eigenvalue weighted by molar-refractivity contribution is 7.89. The van der Waals surface area contributed by atoms with Gasteiger partial charge in [-0.3, -0.25) is 4.79 Å². The van der Waals surface area contributed by atoms with Gasteiger partial charge in [0.15, 0.2) is 6.19 Å². The zero-order chi connectivity index (χ0) is 30.9. The number of halogens is 3. The zero-order valence-corrected chi connectivity index (χ0v) is 22.9. The van der Waals surface area contributed by atoms with E-state index in [9.17, 15) is 26.4 Å². The average Bonchev–Trinajstić information content (AvgIpc) is 3.30. The molecule has 0 bridgehead atoms. The Labute approximate surface area is 239 Å². The van der Waals surface area contributed by atoms with E-state index in [1.165, 1.54) is 6.21 Å². The van der Waals surface area contributed by atoms with E-state index in [1.807, 2.05) is 36.4 Å². The summed E-state index contributed by atoms with van der Waals surface area (Å²) < 4.78 is 65.3. The number of nitrogens with zero attached hydrogens (tertiary/aromatic N) is 3. The maximum atomic E-state index is 12.9. The third-order valence-electron chi connectivity index (χ3n) is 6.15. The standard InChI is InChI=1S/C25H25N5O4S.C2HF3O2/c1-34-23-7-5-21-13-24(8-6-20(21)12-23)35(32,33)29-15-22-9-10-30(25(22)31)16-19-4-2-3-18(11-19)14-27-28-17-26;3-2(4,5)1(6)7/h2-8,11-14,22,28-29H,9-10,15-16H2,1H3;(H,6,7)/t22-;/m0./s1. The molecule has 0 aromatic heterocycles. The van der Waals surface area contributed by atoms with E-state index in [0.717, 1.165) is 21.9 Å². The lowest BCUT2D eigenvalue weighted by Crippen LogP contribution is -2.34. The molecule has 11 nitrogen and oxygen atoms in total. The number of sulfonamides is 1. The molecule has 222 valence electrons. The van der Waals surface area contributed by atoms with Crippen LogP contribution in [0.1, 0.15) is 17.5 Å². The number of likely N-dealkylation sites (tertiary alicyclic amines) is 1. The Bertz CT molecular complexity index is 1620. The molecule has 1 saturated heterocycles. The van der Waals surface area contributed by atoms with Crippen molar-refractivity contribution in [2.24, 2.45) is 11.0 Å². The zero-order valence-electron chi connectivity index (χ0n) is 22.1. The number of amides is 1. The van der Waals surface area contributed by atoms with E-state index in [2.05, 4.69) is 15.2 Å². The first-order valence-corrected chi connectivity index (χ1v) is 13.7. The lowest BCUT2D eigenvalue weighted by molar-refractivity contribution is -0.192. The monoisotopic (exact) mass is 605 g/mol. The molecule has 0 saturated carbocycles. The molecule has 1 heterocycles. The molecule has 3 N–H and O–H groups in total. The highest BCUT2D eigenvalue weighted by Gasteiger charge is 2.38. The van der Waals surface area contributed by atoms with Gasteiger partial charge in [0.25, 0.3) is 0 Å². The van der Waals surface area contributed by atoms with E-state index in [0.29, 0.717) is 25.3 Å². The van der Waals surface area contributed by atoms with Gasteiger partial charge in [-0.25, -0.2) is 23.4 Å². The number of alkyl halides is 3. The summed E-state index contributed by atoms with van der Waals surface area (Å²) in [6.45, 7) is 1.02. The summed E-state index contributed by atoms with van der Waals surface area (Å²) in [6.07, 6.45) is -1.27. The molecule has 15 heteroatoms. The van der Waals surface area contributed by atoms with Crippen molar-refractivity contribution in [1.82, 2.24) is 15.0 Å². The van der Waals surface area contributed by atoms with Crippen molar-refractivity contribution in [2.45, 2.75) is 24.0 Å². The van der Waals surface area contributed by atoms with Crippen LogP contribution in [0.3, 0.4) is 0 Å². The largest absolute Gasteiger partial charge is 0.497 e. The number of carbonyl (C=O) groups is 2. The summed E-state index contributed by atoms with van der Waals surface area (Å²) in [6, 6.07) is 17.8. The van der Waals surface area contributed by atoms with Gasteiger partial charge in [-0.2, -0.15) is 23.5 Å². The Morgan fingerprint density at radius 3 is 2.55 bits per heavy atom. The fourth-order valence-corrected chi connectivity index (χ4v) is 5.18. The van der Waals surface area contributed by atoms with Crippen molar-refractivity contribution in [3.63, 3.8) is 0 Å². The lowest BCUT2D eigenvalue weighted by atomic mass is 10.1. The number of fused-ring (bicyclic) bond motifs is 1. The summed E-state index contributed by atoms with van der Waals surface area (Å²) in [7, 11) is -2.19. The summed E-state index contributed by atoms with van der Waals surface area (Å²) in [5.41, 5.74) is 3.93. The molecule has 1 fully saturated rings. The van der Waals surface area contributed by atoms with Gasteiger partial charge in [-0.05, 0) is 58.7 Å². The number of aliphatic carboxylic acids is 1. The smallest absolute Gasteiger partial charge is 0.490 e. The van der Waals surface area contributed by atoms with Crippen LogP contribution in [0, 0.1) is 17.4 Å². The van der Waals surface area contributed by atoms with Gasteiger partial charge in [-0.15, -0.1) is 0 Å². The van der Waals surface area contributed by atoms with Gasteiger partial charge < -0.3 is 14.7 Å². The van der Waals surface area contributed by atoms with Crippen molar-refractivity contribution in [3.8, 4) is 11.9 Å². The fraction of sp³-hybridized carbons (Fsp3) is 0.259. The second-order valence-corrected chi connectivity index (χ2v) is 10.8. The topological polar surface area (TPSA) is 161 Å². The van der Waals surface area contributed by atoms with Crippen LogP contribution in [0.5, 0.6) is 5.75 Å². The third-order valence-corrected chi connectivity index (χ3v) is 7.57. The van der Waals surface area contributed by atoms with Crippen molar-refractivity contribution in [2.75, 3.05) is 20.2 Å². The number of hydrogen-bond acceptors (Lipinski definition) is 8. The molecule has 0 aliphatic carbocycles. The average molecular weight is 606 g/mol. The molecule has 0 spiro atoms. The molecule has 0 unspecified atom stereocenters. The molecule has 1 amide bonds. The van der Waals surface area contributed by atoms with Crippen molar-refractivity contribution in [1.29, 1.82) is 5.26 Å². The molecule has 1 aliphatic heterocycles. The van der Waals surface area contributed by atoms with Crippen LogP contribution in [0.25, 0.3) is 10.8 Å². The quantitative estimate of drug-likeness (QED) is 0.145. The Kier molecular flexibility index (Phi) is 10.5. The molecule has 3 aromatic carbocycles. The first kappa shape index (κ1) is 31.8. The summed E-state index contributed by atoms with van der Waals surface area (Å²) in [5, 5.41) is 21.1. The summed E-state index contributed by atoms with van der Waals surface area (Å²) in [5.74, 6) is -2.55. The Balaban J connectivity index is 0.000000616. The maximum absolute atomic E-state index is 12.9. The van der Waals surface area contributed by atoms with Crippen molar-refractivity contribution >= 4 is 38.9 Å². The highest BCUT2D eigenvalue weighted by Crippen LogP contribution is 2.25. The van der Waals surface area contributed by atoms with E-state index >= 15 is 0 Å². The molecule has 1 atom stereocenters. The second kappa shape index (κ2) is 13.8. The van der Waals surface area contributed by atoms with Crippen LogP contribution >= 0.6 is 0 Å². The van der Waals surface area contributed by atoms with Gasteiger partial charge in [0.05, 0.1) is 24.1 Å². The van der Waals surface area contributed by atoms with Crippen LogP contribution < -0.4 is 14.9 Å². The van der Waals surface area contributed by atoms with Crippen molar-refractivity contribution in [3.05, 3.63) is 71.8 Å².